The fraction of sp³-hybridized carbons (Fsp3) is 0.353. The molecule has 7 heteroatoms. The molecule has 1 aliphatic heterocycles. The van der Waals surface area contributed by atoms with Gasteiger partial charge < -0.3 is 9.64 Å². The van der Waals surface area contributed by atoms with Crippen LogP contribution in [0, 0.1) is 10.1 Å². The number of nitro benzene ring substituents is 1. The van der Waals surface area contributed by atoms with Gasteiger partial charge in [-0.25, -0.2) is 0 Å². The van der Waals surface area contributed by atoms with Crippen LogP contribution in [0.5, 0.6) is 0 Å². The lowest BCUT2D eigenvalue weighted by atomic mass is 10.1. The summed E-state index contributed by atoms with van der Waals surface area (Å²) in [5, 5.41) is 12.7. The summed E-state index contributed by atoms with van der Waals surface area (Å²) >= 11 is 1.60. The lowest BCUT2D eigenvalue weighted by Gasteiger charge is -2.25. The Balaban J connectivity index is 1.77. The number of hydrogen-bond donors (Lipinski definition) is 0. The lowest BCUT2D eigenvalue weighted by Crippen LogP contribution is -2.36. The molecule has 1 aromatic heterocycles. The second kappa shape index (κ2) is 7.55. The van der Waals surface area contributed by atoms with Gasteiger partial charge in [0.15, 0.2) is 0 Å². The third-order valence-electron chi connectivity index (χ3n) is 3.99. The van der Waals surface area contributed by atoms with Crippen LogP contribution in [0.25, 0.3) is 0 Å². The van der Waals surface area contributed by atoms with E-state index in [1.165, 1.54) is 24.3 Å². The predicted molar refractivity (Wildman–Crippen MR) is 91.1 cm³/mol. The molecule has 1 saturated heterocycles. The van der Waals surface area contributed by atoms with Crippen molar-refractivity contribution in [2.45, 2.75) is 25.5 Å². The Morgan fingerprint density at radius 2 is 2.12 bits per heavy atom. The molecule has 0 saturated carbocycles. The first-order valence-electron chi connectivity index (χ1n) is 7.81. The van der Waals surface area contributed by atoms with Gasteiger partial charge in [0.1, 0.15) is 0 Å². The second-order valence-corrected chi connectivity index (χ2v) is 6.74. The number of benzene rings is 1. The standard InChI is InChI=1S/C17H18N2O4S/c20-17(13-5-7-14(8-6-13)19(21)22)18(11-15-3-1-9-23-15)12-16-4-2-10-24-16/h2,4-8,10,15H,1,3,9,11-12H2/t15-/m0/s1. The van der Waals surface area contributed by atoms with Crippen molar-refractivity contribution in [1.82, 2.24) is 4.90 Å². The highest BCUT2D eigenvalue weighted by atomic mass is 32.1. The Morgan fingerprint density at radius 1 is 1.33 bits per heavy atom. The lowest BCUT2D eigenvalue weighted by molar-refractivity contribution is -0.384. The van der Waals surface area contributed by atoms with Crippen molar-refractivity contribution in [3.05, 3.63) is 62.3 Å². The average Bonchev–Trinajstić information content (AvgIpc) is 3.27. The molecule has 1 aromatic carbocycles. The van der Waals surface area contributed by atoms with E-state index in [0.29, 0.717) is 18.7 Å². The Bertz CT molecular complexity index is 694. The summed E-state index contributed by atoms with van der Waals surface area (Å²) in [6.45, 7) is 1.80. The van der Waals surface area contributed by atoms with Crippen molar-refractivity contribution in [3.8, 4) is 0 Å². The summed E-state index contributed by atoms with van der Waals surface area (Å²) in [5.74, 6) is -0.131. The van der Waals surface area contributed by atoms with Gasteiger partial charge in [0.25, 0.3) is 11.6 Å². The van der Waals surface area contributed by atoms with Crippen LogP contribution in [-0.2, 0) is 11.3 Å². The maximum atomic E-state index is 12.8. The van der Waals surface area contributed by atoms with E-state index in [-0.39, 0.29) is 17.7 Å². The van der Waals surface area contributed by atoms with Crippen LogP contribution in [0.3, 0.4) is 0 Å². The molecular weight excluding hydrogens is 328 g/mol. The van der Waals surface area contributed by atoms with E-state index in [4.69, 9.17) is 4.74 Å². The fourth-order valence-corrected chi connectivity index (χ4v) is 3.47. The minimum absolute atomic E-state index is 0.0181. The Labute approximate surface area is 143 Å². The maximum Gasteiger partial charge on any atom is 0.269 e. The molecular formula is C17H18N2O4S. The van der Waals surface area contributed by atoms with Crippen LogP contribution in [-0.4, -0.2) is 35.0 Å². The highest BCUT2D eigenvalue weighted by Gasteiger charge is 2.24. The van der Waals surface area contributed by atoms with Crippen LogP contribution in [0.15, 0.2) is 41.8 Å². The largest absolute Gasteiger partial charge is 0.376 e. The molecule has 0 unspecified atom stereocenters. The van der Waals surface area contributed by atoms with Crippen LogP contribution < -0.4 is 0 Å². The quantitative estimate of drug-likeness (QED) is 0.593. The first kappa shape index (κ1) is 16.6. The fourth-order valence-electron chi connectivity index (χ4n) is 2.75. The first-order valence-corrected chi connectivity index (χ1v) is 8.69. The highest BCUT2D eigenvalue weighted by Crippen LogP contribution is 2.20. The topological polar surface area (TPSA) is 72.7 Å². The smallest absolute Gasteiger partial charge is 0.269 e. The zero-order valence-corrected chi connectivity index (χ0v) is 13.9. The Kier molecular flexibility index (Phi) is 5.22. The van der Waals surface area contributed by atoms with Gasteiger partial charge >= 0.3 is 0 Å². The molecule has 2 aromatic rings. The van der Waals surface area contributed by atoms with E-state index in [2.05, 4.69) is 0 Å². The van der Waals surface area contributed by atoms with Crippen LogP contribution in [0.2, 0.25) is 0 Å². The number of nitrogens with zero attached hydrogens (tertiary/aromatic N) is 2. The molecule has 6 nitrogen and oxygen atoms in total. The maximum absolute atomic E-state index is 12.8. The molecule has 1 atom stereocenters. The van der Waals surface area contributed by atoms with E-state index in [1.54, 1.807) is 16.2 Å². The molecule has 3 rings (SSSR count). The van der Waals surface area contributed by atoms with Crippen LogP contribution in [0.1, 0.15) is 28.1 Å². The predicted octanol–water partition coefficient (Wildman–Crippen LogP) is 3.48. The van der Waals surface area contributed by atoms with E-state index in [1.807, 2.05) is 17.5 Å². The van der Waals surface area contributed by atoms with E-state index >= 15 is 0 Å². The zero-order chi connectivity index (χ0) is 16.9. The molecule has 2 heterocycles. The Morgan fingerprint density at radius 3 is 2.71 bits per heavy atom. The molecule has 0 radical (unpaired) electrons. The third-order valence-corrected chi connectivity index (χ3v) is 4.85. The second-order valence-electron chi connectivity index (χ2n) is 5.70. The summed E-state index contributed by atoms with van der Waals surface area (Å²) in [6.07, 6.45) is 2.03. The number of amides is 1. The summed E-state index contributed by atoms with van der Waals surface area (Å²) in [4.78, 5) is 26.0. The van der Waals surface area contributed by atoms with Crippen LogP contribution in [0.4, 0.5) is 5.69 Å². The molecule has 0 aliphatic carbocycles. The van der Waals surface area contributed by atoms with Gasteiger partial charge in [-0.1, -0.05) is 6.07 Å². The van der Waals surface area contributed by atoms with Gasteiger partial charge in [0, 0.05) is 35.7 Å². The summed E-state index contributed by atoms with van der Waals surface area (Å²) in [7, 11) is 0. The zero-order valence-electron chi connectivity index (χ0n) is 13.1. The number of carbonyl (C=O) groups is 1. The van der Waals surface area contributed by atoms with Crippen molar-refractivity contribution in [1.29, 1.82) is 0 Å². The third kappa shape index (κ3) is 3.98. The number of rotatable bonds is 6. The van der Waals surface area contributed by atoms with Gasteiger partial charge in [-0.2, -0.15) is 0 Å². The number of hydrogen-bond acceptors (Lipinski definition) is 5. The molecule has 24 heavy (non-hydrogen) atoms. The normalized spacial score (nSPS) is 16.9. The SMILES string of the molecule is O=C(c1ccc([N+](=O)[O-])cc1)N(Cc1cccs1)C[C@@H]1CCCO1. The number of carbonyl (C=O) groups excluding carboxylic acids is 1. The average molecular weight is 346 g/mol. The number of thiophene rings is 1. The molecule has 0 spiro atoms. The number of ether oxygens (including phenoxy) is 1. The van der Waals surface area contributed by atoms with Crippen molar-refractivity contribution in [2.24, 2.45) is 0 Å². The number of nitro groups is 1. The van der Waals surface area contributed by atoms with Crippen molar-refractivity contribution < 1.29 is 14.5 Å². The van der Waals surface area contributed by atoms with Gasteiger partial charge in [-0.05, 0) is 36.4 Å². The van der Waals surface area contributed by atoms with Gasteiger partial charge in [0.2, 0.25) is 0 Å². The molecule has 0 N–H and O–H groups in total. The highest BCUT2D eigenvalue weighted by molar-refractivity contribution is 7.09. The van der Waals surface area contributed by atoms with Gasteiger partial charge in [-0.15, -0.1) is 11.3 Å². The Hall–Kier alpha value is -2.25. The molecule has 1 amide bonds. The summed E-state index contributed by atoms with van der Waals surface area (Å²) in [6, 6.07) is 9.71. The first-order chi connectivity index (χ1) is 11.6. The van der Waals surface area contributed by atoms with Gasteiger partial charge in [-0.3, -0.25) is 14.9 Å². The molecule has 1 aliphatic rings. The summed E-state index contributed by atoms with van der Waals surface area (Å²) in [5.41, 5.74) is 0.436. The minimum atomic E-state index is -0.468. The number of non-ortho nitro benzene ring substituents is 1. The van der Waals surface area contributed by atoms with Crippen molar-refractivity contribution in [2.75, 3.05) is 13.2 Å². The minimum Gasteiger partial charge on any atom is -0.376 e. The van der Waals surface area contributed by atoms with E-state index in [9.17, 15) is 14.9 Å². The van der Waals surface area contributed by atoms with Crippen molar-refractivity contribution in [3.63, 3.8) is 0 Å². The van der Waals surface area contributed by atoms with Gasteiger partial charge in [0.05, 0.1) is 17.6 Å². The molecule has 0 bridgehead atoms. The molecule has 126 valence electrons. The van der Waals surface area contributed by atoms with E-state index in [0.717, 1.165) is 24.3 Å². The monoisotopic (exact) mass is 346 g/mol. The van der Waals surface area contributed by atoms with E-state index < -0.39 is 4.92 Å². The van der Waals surface area contributed by atoms with Crippen molar-refractivity contribution >= 4 is 22.9 Å². The summed E-state index contributed by atoms with van der Waals surface area (Å²) < 4.78 is 5.66. The molecule has 1 fully saturated rings. The van der Waals surface area contributed by atoms with Crippen LogP contribution >= 0.6 is 11.3 Å².